The molecule has 1 aromatic heterocycles. The Labute approximate surface area is 125 Å². The maximum Gasteiger partial charge on any atom is 0.221 e. The van der Waals surface area contributed by atoms with Crippen molar-refractivity contribution in [1.82, 2.24) is 25.9 Å². The van der Waals surface area contributed by atoms with Gasteiger partial charge in [-0.25, -0.2) is 0 Å². The molecule has 0 spiro atoms. The summed E-state index contributed by atoms with van der Waals surface area (Å²) in [5.41, 5.74) is 5.93. The number of aromatic amines is 1. The molecule has 4 N–H and O–H groups in total. The van der Waals surface area contributed by atoms with Crippen LogP contribution in [0.4, 0.5) is 0 Å². The summed E-state index contributed by atoms with van der Waals surface area (Å²) in [6.45, 7) is 2.66. The lowest BCUT2D eigenvalue weighted by molar-refractivity contribution is -0.124. The average Bonchev–Trinajstić information content (AvgIpc) is 3.02. The molecule has 1 atom stereocenters. The Kier molecular flexibility index (Phi) is 5.67. The highest BCUT2D eigenvalue weighted by Crippen LogP contribution is 2.38. The zero-order valence-electron chi connectivity index (χ0n) is 12.8. The smallest absolute Gasteiger partial charge is 0.221 e. The van der Waals surface area contributed by atoms with E-state index < -0.39 is 0 Å². The molecular formula is C14H26N6O. The zero-order valence-corrected chi connectivity index (χ0v) is 12.8. The fraction of sp³-hybridized carbons (Fsp3) is 0.857. The molecule has 2 rings (SSSR count). The minimum Gasteiger partial charge on any atom is -0.346 e. The van der Waals surface area contributed by atoms with Crippen LogP contribution in [0.2, 0.25) is 0 Å². The largest absolute Gasteiger partial charge is 0.346 e. The molecule has 1 unspecified atom stereocenters. The fourth-order valence-corrected chi connectivity index (χ4v) is 3.21. The van der Waals surface area contributed by atoms with E-state index in [9.17, 15) is 4.79 Å². The second kappa shape index (κ2) is 7.49. The molecule has 1 fully saturated rings. The Morgan fingerprint density at radius 1 is 1.43 bits per heavy atom. The predicted octanol–water partition coefficient (Wildman–Crippen LogP) is 1.46. The van der Waals surface area contributed by atoms with Gasteiger partial charge in [0.15, 0.2) is 5.82 Å². The second-order valence-corrected chi connectivity index (χ2v) is 6.12. The van der Waals surface area contributed by atoms with Crippen LogP contribution in [0.3, 0.4) is 0 Å². The molecule has 1 saturated carbocycles. The summed E-state index contributed by atoms with van der Waals surface area (Å²) in [6, 6.07) is -0.167. The lowest BCUT2D eigenvalue weighted by Gasteiger charge is -2.36. The predicted molar refractivity (Wildman–Crippen MR) is 79.2 cm³/mol. The van der Waals surface area contributed by atoms with E-state index in [-0.39, 0.29) is 17.4 Å². The molecule has 1 aliphatic carbocycles. The first-order valence-corrected chi connectivity index (χ1v) is 7.92. The fourth-order valence-electron chi connectivity index (χ4n) is 3.21. The number of hydrogen-bond donors (Lipinski definition) is 3. The lowest BCUT2D eigenvalue weighted by atomic mass is 9.71. The summed E-state index contributed by atoms with van der Waals surface area (Å²) in [5.74, 6) is 0.598. The number of carbonyl (C=O) groups excluding carboxylic acids is 1. The van der Waals surface area contributed by atoms with Gasteiger partial charge in [0, 0.05) is 6.42 Å². The molecule has 0 saturated heterocycles. The van der Waals surface area contributed by atoms with E-state index in [0.717, 1.165) is 25.7 Å². The third kappa shape index (κ3) is 4.23. The van der Waals surface area contributed by atoms with Gasteiger partial charge in [-0.15, -0.1) is 10.2 Å². The zero-order chi connectivity index (χ0) is 15.1. The Morgan fingerprint density at radius 3 is 2.76 bits per heavy atom. The van der Waals surface area contributed by atoms with Gasteiger partial charge >= 0.3 is 0 Å². The molecule has 21 heavy (non-hydrogen) atoms. The molecule has 0 bridgehead atoms. The third-order valence-electron chi connectivity index (χ3n) is 4.47. The van der Waals surface area contributed by atoms with E-state index in [2.05, 4.69) is 32.9 Å². The van der Waals surface area contributed by atoms with Crippen molar-refractivity contribution in [3.8, 4) is 0 Å². The van der Waals surface area contributed by atoms with Crippen LogP contribution >= 0.6 is 0 Å². The minimum absolute atomic E-state index is 0.0175. The Bertz CT molecular complexity index is 427. The summed E-state index contributed by atoms with van der Waals surface area (Å²) in [4.78, 5) is 12.4. The van der Waals surface area contributed by atoms with Crippen LogP contribution in [0.5, 0.6) is 0 Å². The number of rotatable bonds is 7. The van der Waals surface area contributed by atoms with Gasteiger partial charge in [0.25, 0.3) is 0 Å². The normalized spacial score (nSPS) is 19.1. The van der Waals surface area contributed by atoms with Crippen molar-refractivity contribution in [2.75, 3.05) is 6.54 Å². The van der Waals surface area contributed by atoms with Gasteiger partial charge in [0.1, 0.15) is 0 Å². The number of carbonyl (C=O) groups is 1. The van der Waals surface area contributed by atoms with E-state index in [1.54, 1.807) is 0 Å². The van der Waals surface area contributed by atoms with Gasteiger partial charge in [-0.2, -0.15) is 5.21 Å². The summed E-state index contributed by atoms with van der Waals surface area (Å²) in [6.07, 6.45) is 7.96. The van der Waals surface area contributed by atoms with E-state index in [1.807, 2.05) is 0 Å². The van der Waals surface area contributed by atoms with Crippen molar-refractivity contribution in [2.24, 2.45) is 11.1 Å². The number of nitrogens with two attached hydrogens (primary N) is 1. The molecule has 0 aromatic carbocycles. The van der Waals surface area contributed by atoms with Crippen molar-refractivity contribution in [1.29, 1.82) is 0 Å². The maximum absolute atomic E-state index is 12.4. The summed E-state index contributed by atoms with van der Waals surface area (Å²) < 4.78 is 0. The first kappa shape index (κ1) is 15.9. The van der Waals surface area contributed by atoms with Crippen LogP contribution in [-0.2, 0) is 4.79 Å². The first-order chi connectivity index (χ1) is 10.2. The Hall–Kier alpha value is -1.50. The number of nitrogens with one attached hydrogen (secondary N) is 2. The number of H-pyrrole nitrogens is 1. The Balaban J connectivity index is 1.95. The van der Waals surface area contributed by atoms with Crippen molar-refractivity contribution in [2.45, 2.75) is 64.3 Å². The van der Waals surface area contributed by atoms with E-state index in [0.29, 0.717) is 18.8 Å². The molecule has 1 heterocycles. The molecule has 0 aliphatic heterocycles. The van der Waals surface area contributed by atoms with Crippen LogP contribution in [-0.4, -0.2) is 33.1 Å². The van der Waals surface area contributed by atoms with Crippen molar-refractivity contribution < 1.29 is 4.79 Å². The van der Waals surface area contributed by atoms with Gasteiger partial charge in [-0.1, -0.05) is 37.8 Å². The highest BCUT2D eigenvalue weighted by atomic mass is 16.1. The molecule has 1 aromatic rings. The quantitative estimate of drug-likeness (QED) is 0.705. The standard InChI is InChI=1S/C14H26N6O/c1-2-6-11(13-17-19-20-18-13)16-12(21)9-14(10-15)7-4-3-5-8-14/h11H,2-10,15H2,1H3,(H,16,21)(H,17,18,19,20). The Morgan fingerprint density at radius 2 is 2.19 bits per heavy atom. The third-order valence-corrected chi connectivity index (χ3v) is 4.47. The average molecular weight is 294 g/mol. The summed E-state index contributed by atoms with van der Waals surface area (Å²) in [7, 11) is 0. The minimum atomic E-state index is -0.167. The van der Waals surface area contributed by atoms with Crippen molar-refractivity contribution in [3.63, 3.8) is 0 Å². The number of amides is 1. The highest BCUT2D eigenvalue weighted by Gasteiger charge is 2.33. The van der Waals surface area contributed by atoms with Crippen LogP contribution in [0, 0.1) is 5.41 Å². The SMILES string of the molecule is CCCC(NC(=O)CC1(CN)CCCCC1)c1nn[nH]n1. The van der Waals surface area contributed by atoms with Gasteiger partial charge in [-0.3, -0.25) is 4.79 Å². The summed E-state index contributed by atoms with van der Waals surface area (Å²) in [5, 5.41) is 17.0. The first-order valence-electron chi connectivity index (χ1n) is 7.92. The number of aromatic nitrogens is 4. The molecule has 0 radical (unpaired) electrons. The van der Waals surface area contributed by atoms with Gasteiger partial charge < -0.3 is 11.1 Å². The van der Waals surface area contributed by atoms with Crippen LogP contribution < -0.4 is 11.1 Å². The monoisotopic (exact) mass is 294 g/mol. The highest BCUT2D eigenvalue weighted by molar-refractivity contribution is 5.77. The second-order valence-electron chi connectivity index (χ2n) is 6.12. The molecular weight excluding hydrogens is 268 g/mol. The molecule has 7 nitrogen and oxygen atoms in total. The van der Waals surface area contributed by atoms with Crippen LogP contribution in [0.25, 0.3) is 0 Å². The number of nitrogens with zero attached hydrogens (tertiary/aromatic N) is 3. The van der Waals surface area contributed by atoms with Gasteiger partial charge in [0.2, 0.25) is 5.91 Å². The molecule has 118 valence electrons. The van der Waals surface area contributed by atoms with E-state index in [1.165, 1.54) is 19.3 Å². The lowest BCUT2D eigenvalue weighted by Crippen LogP contribution is -2.39. The van der Waals surface area contributed by atoms with Crippen molar-refractivity contribution in [3.05, 3.63) is 5.82 Å². The van der Waals surface area contributed by atoms with Gasteiger partial charge in [-0.05, 0) is 31.2 Å². The summed E-state index contributed by atoms with van der Waals surface area (Å²) >= 11 is 0. The maximum atomic E-state index is 12.4. The molecule has 7 heteroatoms. The van der Waals surface area contributed by atoms with E-state index in [4.69, 9.17) is 5.73 Å². The number of tetrazole rings is 1. The topological polar surface area (TPSA) is 110 Å². The molecule has 1 amide bonds. The van der Waals surface area contributed by atoms with Crippen LogP contribution in [0.15, 0.2) is 0 Å². The van der Waals surface area contributed by atoms with E-state index >= 15 is 0 Å². The van der Waals surface area contributed by atoms with Gasteiger partial charge in [0.05, 0.1) is 6.04 Å². The van der Waals surface area contributed by atoms with Crippen LogP contribution in [0.1, 0.15) is 70.2 Å². The number of hydrogen-bond acceptors (Lipinski definition) is 5. The molecule has 1 aliphatic rings. The van der Waals surface area contributed by atoms with Crippen molar-refractivity contribution >= 4 is 5.91 Å².